The van der Waals surface area contributed by atoms with Crippen LogP contribution in [-0.2, 0) is 9.53 Å². The summed E-state index contributed by atoms with van der Waals surface area (Å²) in [5.74, 6) is 0.863. The van der Waals surface area contributed by atoms with Crippen LogP contribution in [0.1, 0.15) is 59.8 Å². The molecule has 2 saturated heterocycles. The van der Waals surface area contributed by atoms with Crippen LogP contribution in [-0.4, -0.2) is 24.2 Å². The molecule has 3 nitrogen and oxygen atoms in total. The van der Waals surface area contributed by atoms with Crippen LogP contribution in [0.15, 0.2) is 0 Å². The van der Waals surface area contributed by atoms with E-state index in [9.17, 15) is 4.79 Å². The van der Waals surface area contributed by atoms with Gasteiger partial charge in [-0.3, -0.25) is 4.79 Å². The van der Waals surface area contributed by atoms with Crippen LogP contribution < -0.4 is 5.32 Å². The zero-order valence-corrected chi connectivity index (χ0v) is 12.2. The number of carbonyl (C=O) groups is 1. The average Bonchev–Trinajstić information content (AvgIpc) is 2.53. The molecule has 3 heteroatoms. The number of amides is 1. The molecular weight excluding hydrogens is 226 g/mol. The lowest BCUT2D eigenvalue weighted by molar-refractivity contribution is -0.127. The molecule has 1 amide bonds. The summed E-state index contributed by atoms with van der Waals surface area (Å²) in [5.41, 5.74) is 0.101. The van der Waals surface area contributed by atoms with Gasteiger partial charge in [0.15, 0.2) is 0 Å². The molecular formula is C15H27NO2. The minimum Gasteiger partial charge on any atom is -0.375 e. The van der Waals surface area contributed by atoms with Gasteiger partial charge in [-0.1, -0.05) is 20.8 Å². The molecule has 3 atom stereocenters. The van der Waals surface area contributed by atoms with Gasteiger partial charge in [0.25, 0.3) is 0 Å². The molecule has 104 valence electrons. The van der Waals surface area contributed by atoms with E-state index in [2.05, 4.69) is 33.0 Å². The zero-order valence-electron chi connectivity index (χ0n) is 12.2. The maximum atomic E-state index is 11.9. The second-order valence-electron chi connectivity index (χ2n) is 6.87. The minimum absolute atomic E-state index is 0.0419. The lowest BCUT2D eigenvalue weighted by Gasteiger charge is -2.46. The Kier molecular flexibility index (Phi) is 3.72. The first-order chi connectivity index (χ1) is 8.39. The Morgan fingerprint density at radius 1 is 1.50 bits per heavy atom. The molecule has 2 aliphatic rings. The molecule has 1 spiro atoms. The second-order valence-corrected chi connectivity index (χ2v) is 6.87. The summed E-state index contributed by atoms with van der Waals surface area (Å²) in [6.45, 7) is 9.64. The van der Waals surface area contributed by atoms with E-state index < -0.39 is 0 Å². The summed E-state index contributed by atoms with van der Waals surface area (Å²) in [5, 5.41) is 3.21. The Morgan fingerprint density at radius 2 is 2.22 bits per heavy atom. The largest absolute Gasteiger partial charge is 0.375 e. The predicted octanol–water partition coefficient (Wildman–Crippen LogP) is 2.89. The van der Waals surface area contributed by atoms with Gasteiger partial charge in [0.2, 0.25) is 5.91 Å². The monoisotopic (exact) mass is 253 g/mol. The standard InChI is InChI=1S/C15H27NO2/c1-5-14(4)10-15(6-7-18-14)9-13(17)16-12(15)8-11(2)3/h11-12H,5-10H2,1-4H3,(H,16,17). The molecule has 2 fully saturated rings. The van der Waals surface area contributed by atoms with Crippen molar-refractivity contribution in [3.05, 3.63) is 0 Å². The summed E-state index contributed by atoms with van der Waals surface area (Å²) >= 11 is 0. The lowest BCUT2D eigenvalue weighted by atomic mass is 9.66. The van der Waals surface area contributed by atoms with E-state index in [4.69, 9.17) is 4.74 Å². The SMILES string of the molecule is CCC1(C)CC2(CCO1)CC(=O)NC2CC(C)C. The highest BCUT2D eigenvalue weighted by Crippen LogP contribution is 2.49. The topological polar surface area (TPSA) is 38.3 Å². The van der Waals surface area contributed by atoms with E-state index >= 15 is 0 Å². The Labute approximate surface area is 111 Å². The van der Waals surface area contributed by atoms with Gasteiger partial charge in [0, 0.05) is 24.5 Å². The summed E-state index contributed by atoms with van der Waals surface area (Å²) < 4.78 is 5.95. The van der Waals surface area contributed by atoms with Gasteiger partial charge in [0.1, 0.15) is 0 Å². The number of hydrogen-bond acceptors (Lipinski definition) is 2. The Morgan fingerprint density at radius 3 is 2.83 bits per heavy atom. The summed E-state index contributed by atoms with van der Waals surface area (Å²) in [7, 11) is 0. The molecule has 18 heavy (non-hydrogen) atoms. The fourth-order valence-electron chi connectivity index (χ4n) is 3.68. The molecule has 2 rings (SSSR count). The highest BCUT2D eigenvalue weighted by molar-refractivity contribution is 5.80. The third kappa shape index (κ3) is 2.56. The molecule has 0 aliphatic carbocycles. The van der Waals surface area contributed by atoms with Crippen LogP contribution in [0.25, 0.3) is 0 Å². The van der Waals surface area contributed by atoms with Crippen molar-refractivity contribution in [3.8, 4) is 0 Å². The number of rotatable bonds is 3. The number of carbonyl (C=O) groups excluding carboxylic acids is 1. The Hall–Kier alpha value is -0.570. The Bertz CT molecular complexity index is 328. The van der Waals surface area contributed by atoms with E-state index in [1.807, 2.05) is 0 Å². The van der Waals surface area contributed by atoms with Crippen molar-refractivity contribution in [2.75, 3.05) is 6.61 Å². The van der Waals surface area contributed by atoms with Crippen molar-refractivity contribution in [2.45, 2.75) is 71.4 Å². The van der Waals surface area contributed by atoms with Gasteiger partial charge in [-0.15, -0.1) is 0 Å². The first-order valence-electron chi connectivity index (χ1n) is 7.32. The van der Waals surface area contributed by atoms with E-state index in [0.29, 0.717) is 18.4 Å². The average molecular weight is 253 g/mol. The van der Waals surface area contributed by atoms with Crippen molar-refractivity contribution in [2.24, 2.45) is 11.3 Å². The molecule has 0 radical (unpaired) electrons. The van der Waals surface area contributed by atoms with Crippen molar-refractivity contribution in [3.63, 3.8) is 0 Å². The van der Waals surface area contributed by atoms with Crippen LogP contribution in [0.5, 0.6) is 0 Å². The highest BCUT2D eigenvalue weighted by Gasteiger charge is 2.52. The molecule has 1 N–H and O–H groups in total. The first-order valence-corrected chi connectivity index (χ1v) is 7.32. The fraction of sp³-hybridized carbons (Fsp3) is 0.933. The zero-order chi connectivity index (χ0) is 13.4. The summed E-state index contributed by atoms with van der Waals surface area (Å²) in [6, 6.07) is 0.347. The fourth-order valence-corrected chi connectivity index (χ4v) is 3.68. The number of ether oxygens (including phenoxy) is 1. The van der Waals surface area contributed by atoms with Crippen molar-refractivity contribution in [1.82, 2.24) is 5.32 Å². The summed E-state index contributed by atoms with van der Waals surface area (Å²) in [4.78, 5) is 11.9. The van der Waals surface area contributed by atoms with Crippen LogP contribution in [0, 0.1) is 11.3 Å². The van der Waals surface area contributed by atoms with Crippen LogP contribution >= 0.6 is 0 Å². The molecule has 3 unspecified atom stereocenters. The van der Waals surface area contributed by atoms with Gasteiger partial charge in [0.05, 0.1) is 5.60 Å². The quantitative estimate of drug-likeness (QED) is 0.840. The van der Waals surface area contributed by atoms with Crippen LogP contribution in [0.2, 0.25) is 0 Å². The number of hydrogen-bond donors (Lipinski definition) is 1. The first kappa shape index (κ1) is 13.9. The van der Waals surface area contributed by atoms with Crippen molar-refractivity contribution < 1.29 is 9.53 Å². The van der Waals surface area contributed by atoms with Gasteiger partial charge >= 0.3 is 0 Å². The summed E-state index contributed by atoms with van der Waals surface area (Å²) in [6.07, 6.45) is 4.86. The van der Waals surface area contributed by atoms with Gasteiger partial charge in [-0.25, -0.2) is 0 Å². The molecule has 0 saturated carbocycles. The van der Waals surface area contributed by atoms with Crippen molar-refractivity contribution in [1.29, 1.82) is 0 Å². The van der Waals surface area contributed by atoms with Crippen molar-refractivity contribution >= 4 is 5.91 Å². The molecule has 0 bridgehead atoms. The molecule has 0 aromatic rings. The third-order valence-electron chi connectivity index (χ3n) is 4.82. The van der Waals surface area contributed by atoms with E-state index in [-0.39, 0.29) is 16.9 Å². The number of nitrogens with one attached hydrogen (secondary N) is 1. The highest BCUT2D eigenvalue weighted by atomic mass is 16.5. The minimum atomic E-state index is -0.0419. The molecule has 2 heterocycles. The maximum Gasteiger partial charge on any atom is 0.220 e. The van der Waals surface area contributed by atoms with Gasteiger partial charge in [-0.05, 0) is 38.5 Å². The van der Waals surface area contributed by atoms with Crippen LogP contribution in [0.3, 0.4) is 0 Å². The third-order valence-corrected chi connectivity index (χ3v) is 4.82. The van der Waals surface area contributed by atoms with Crippen LogP contribution in [0.4, 0.5) is 0 Å². The maximum absolute atomic E-state index is 11.9. The van der Waals surface area contributed by atoms with Gasteiger partial charge < -0.3 is 10.1 Å². The Balaban J connectivity index is 2.18. The molecule has 0 aromatic heterocycles. The van der Waals surface area contributed by atoms with Gasteiger partial charge in [-0.2, -0.15) is 0 Å². The molecule has 0 aromatic carbocycles. The van der Waals surface area contributed by atoms with E-state index in [1.54, 1.807) is 0 Å². The smallest absolute Gasteiger partial charge is 0.220 e. The van der Waals surface area contributed by atoms with E-state index in [1.165, 1.54) is 0 Å². The molecule has 2 aliphatic heterocycles. The van der Waals surface area contributed by atoms with E-state index in [0.717, 1.165) is 32.3 Å². The second kappa shape index (κ2) is 4.84. The predicted molar refractivity (Wildman–Crippen MR) is 72.3 cm³/mol. The lowest BCUT2D eigenvalue weighted by Crippen LogP contribution is -2.49. The normalized spacial score (nSPS) is 40.5.